The van der Waals surface area contributed by atoms with Crippen LogP contribution >= 0.6 is 27.5 Å². The molecule has 0 bridgehead atoms. The highest BCUT2D eigenvalue weighted by Crippen LogP contribution is 2.57. The molecule has 2 nitrogen and oxygen atoms in total. The maximum Gasteiger partial charge on any atom is 0.0409 e. The zero-order valence-electron chi connectivity index (χ0n) is 16.4. The molecular weight excluding hydrogens is 432 g/mol. The average molecular weight is 460 g/mol. The first-order valence-electron chi connectivity index (χ1n) is 10.5. The Kier molecular flexibility index (Phi) is 4.67. The third kappa shape index (κ3) is 2.98. The van der Waals surface area contributed by atoms with Gasteiger partial charge in [0.05, 0.1) is 0 Å². The summed E-state index contributed by atoms with van der Waals surface area (Å²) in [6.07, 6.45) is 8.81. The second kappa shape index (κ2) is 6.84. The SMILES string of the molecule is CNC1CC12CCc1ccc(Br)cc12.NC1CC12CCCc1ccc(Cl)cc12. The molecule has 148 valence electrons. The van der Waals surface area contributed by atoms with Crippen LogP contribution < -0.4 is 11.1 Å². The fraction of sp³-hybridized carbons (Fsp3) is 0.500. The Bertz CT molecular complexity index is 929. The number of aryl methyl sites for hydroxylation is 2. The number of fused-ring (bicyclic) bond motifs is 4. The second-order valence-corrected chi connectivity index (χ2v) is 10.5. The number of nitrogens with two attached hydrogens (primary N) is 1. The third-order valence-corrected chi connectivity index (χ3v) is 8.41. The minimum Gasteiger partial charge on any atom is -0.327 e. The lowest BCUT2D eigenvalue weighted by molar-refractivity contribution is 0.526. The lowest BCUT2D eigenvalue weighted by atomic mass is 9.80. The lowest BCUT2D eigenvalue weighted by Crippen LogP contribution is -2.23. The Morgan fingerprint density at radius 2 is 1.71 bits per heavy atom. The third-order valence-electron chi connectivity index (χ3n) is 7.68. The van der Waals surface area contributed by atoms with E-state index in [-0.39, 0.29) is 0 Å². The highest BCUT2D eigenvalue weighted by Gasteiger charge is 2.57. The van der Waals surface area contributed by atoms with Crippen molar-refractivity contribution in [2.45, 2.75) is 67.9 Å². The summed E-state index contributed by atoms with van der Waals surface area (Å²) >= 11 is 9.60. The van der Waals surface area contributed by atoms with Crippen LogP contribution in [-0.2, 0) is 23.7 Å². The molecule has 3 N–H and O–H groups in total. The van der Waals surface area contributed by atoms with Crippen LogP contribution in [0.5, 0.6) is 0 Å². The number of hydrogen-bond donors (Lipinski definition) is 2. The predicted molar refractivity (Wildman–Crippen MR) is 120 cm³/mol. The van der Waals surface area contributed by atoms with E-state index in [0.29, 0.717) is 16.9 Å². The summed E-state index contributed by atoms with van der Waals surface area (Å²) < 4.78 is 1.22. The van der Waals surface area contributed by atoms with E-state index in [9.17, 15) is 0 Å². The minimum atomic E-state index is 0.304. The quantitative estimate of drug-likeness (QED) is 0.609. The Labute approximate surface area is 181 Å². The molecule has 2 spiro atoms. The van der Waals surface area contributed by atoms with E-state index in [4.69, 9.17) is 17.3 Å². The van der Waals surface area contributed by atoms with Gasteiger partial charge in [-0.05, 0) is 98.5 Å². The molecule has 4 heteroatoms. The van der Waals surface area contributed by atoms with Crippen LogP contribution in [0, 0.1) is 0 Å². The topological polar surface area (TPSA) is 38.0 Å². The van der Waals surface area contributed by atoms with E-state index in [1.807, 2.05) is 6.07 Å². The van der Waals surface area contributed by atoms with Gasteiger partial charge in [0.15, 0.2) is 0 Å². The molecule has 2 aromatic rings. The van der Waals surface area contributed by atoms with E-state index < -0.39 is 0 Å². The van der Waals surface area contributed by atoms with Crippen molar-refractivity contribution in [1.82, 2.24) is 5.32 Å². The van der Waals surface area contributed by atoms with Gasteiger partial charge in [-0.1, -0.05) is 39.7 Å². The molecule has 4 aliphatic carbocycles. The smallest absolute Gasteiger partial charge is 0.0409 e. The summed E-state index contributed by atoms with van der Waals surface area (Å²) in [7, 11) is 2.08. The fourth-order valence-electron chi connectivity index (χ4n) is 5.87. The number of nitrogens with one attached hydrogen (secondary N) is 1. The van der Waals surface area contributed by atoms with Crippen molar-refractivity contribution < 1.29 is 0 Å². The molecule has 2 fully saturated rings. The van der Waals surface area contributed by atoms with E-state index in [1.165, 1.54) is 54.1 Å². The number of halogens is 2. The molecule has 4 atom stereocenters. The summed E-state index contributed by atoms with van der Waals surface area (Å²) in [5, 5.41) is 4.27. The molecule has 0 radical (unpaired) electrons. The first kappa shape index (κ1) is 19.1. The van der Waals surface area contributed by atoms with Gasteiger partial charge in [0.25, 0.3) is 0 Å². The van der Waals surface area contributed by atoms with Gasteiger partial charge in [-0.3, -0.25) is 0 Å². The molecule has 0 aromatic heterocycles. The van der Waals surface area contributed by atoms with Gasteiger partial charge < -0.3 is 11.1 Å². The Morgan fingerprint density at radius 3 is 2.43 bits per heavy atom. The summed E-state index contributed by atoms with van der Waals surface area (Å²) in [4.78, 5) is 0. The van der Waals surface area contributed by atoms with Crippen LogP contribution in [0.15, 0.2) is 40.9 Å². The average Bonchev–Trinajstić information content (AvgIpc) is 3.53. The van der Waals surface area contributed by atoms with Gasteiger partial charge >= 0.3 is 0 Å². The van der Waals surface area contributed by atoms with Crippen LogP contribution in [-0.4, -0.2) is 19.1 Å². The standard InChI is InChI=1S/C12H14BrN.C12H14ClN/c1-14-11-7-12(11)5-4-8-2-3-9(13)6-10(8)12;13-9-4-3-8-2-1-5-12(7-11(12)14)10(8)6-9/h2-3,6,11,14H,4-5,7H2,1H3;3-4,6,11H,1-2,5,7,14H2. The van der Waals surface area contributed by atoms with Crippen molar-refractivity contribution in [3.05, 3.63) is 68.1 Å². The molecule has 4 unspecified atom stereocenters. The van der Waals surface area contributed by atoms with Crippen molar-refractivity contribution in [2.75, 3.05) is 7.05 Å². The maximum atomic E-state index is 6.05. The van der Waals surface area contributed by atoms with Gasteiger partial charge in [0, 0.05) is 32.4 Å². The van der Waals surface area contributed by atoms with Gasteiger partial charge in [-0.15, -0.1) is 0 Å². The van der Waals surface area contributed by atoms with Gasteiger partial charge in [-0.25, -0.2) is 0 Å². The van der Waals surface area contributed by atoms with Crippen LogP contribution in [0.1, 0.15) is 54.4 Å². The van der Waals surface area contributed by atoms with Crippen molar-refractivity contribution >= 4 is 27.5 Å². The second-order valence-electron chi connectivity index (χ2n) is 9.12. The number of hydrogen-bond acceptors (Lipinski definition) is 2. The van der Waals surface area contributed by atoms with Crippen molar-refractivity contribution in [3.63, 3.8) is 0 Å². The highest BCUT2D eigenvalue weighted by molar-refractivity contribution is 9.10. The molecule has 28 heavy (non-hydrogen) atoms. The first-order chi connectivity index (χ1) is 13.5. The Hall–Kier alpha value is -0.870. The zero-order chi connectivity index (χ0) is 19.5. The summed E-state index contributed by atoms with van der Waals surface area (Å²) in [6.45, 7) is 0. The summed E-state index contributed by atoms with van der Waals surface area (Å²) in [5.74, 6) is 0. The van der Waals surface area contributed by atoms with Crippen molar-refractivity contribution in [1.29, 1.82) is 0 Å². The van der Waals surface area contributed by atoms with Crippen molar-refractivity contribution in [3.8, 4) is 0 Å². The molecule has 2 saturated carbocycles. The normalized spacial score (nSPS) is 33.9. The van der Waals surface area contributed by atoms with Gasteiger partial charge in [-0.2, -0.15) is 0 Å². The number of rotatable bonds is 1. The molecule has 6 rings (SSSR count). The number of likely N-dealkylation sites (N-methyl/N-ethyl adjacent to an activating group) is 1. The minimum absolute atomic E-state index is 0.304. The van der Waals surface area contributed by atoms with E-state index in [2.05, 4.69) is 58.6 Å². The van der Waals surface area contributed by atoms with Crippen LogP contribution in [0.3, 0.4) is 0 Å². The Balaban J connectivity index is 0.000000122. The van der Waals surface area contributed by atoms with Crippen molar-refractivity contribution in [2.24, 2.45) is 5.73 Å². The molecule has 0 saturated heterocycles. The molecule has 0 heterocycles. The Morgan fingerprint density at radius 1 is 1.00 bits per heavy atom. The molecule has 0 amide bonds. The zero-order valence-corrected chi connectivity index (χ0v) is 18.7. The van der Waals surface area contributed by atoms with Crippen LogP contribution in [0.25, 0.3) is 0 Å². The van der Waals surface area contributed by atoms with E-state index >= 15 is 0 Å². The summed E-state index contributed by atoms with van der Waals surface area (Å²) in [6, 6.07) is 14.1. The predicted octanol–water partition coefficient (Wildman–Crippen LogP) is 5.27. The summed E-state index contributed by atoms with van der Waals surface area (Å²) in [5.41, 5.74) is 12.9. The monoisotopic (exact) mass is 458 g/mol. The molecule has 0 aliphatic heterocycles. The van der Waals surface area contributed by atoms with Crippen LogP contribution in [0.2, 0.25) is 5.02 Å². The van der Waals surface area contributed by atoms with E-state index in [1.54, 1.807) is 11.1 Å². The lowest BCUT2D eigenvalue weighted by Gasteiger charge is -2.26. The molecule has 4 aliphatic rings. The molecular formula is C24H28BrClN2. The maximum absolute atomic E-state index is 6.05. The van der Waals surface area contributed by atoms with Gasteiger partial charge in [0.2, 0.25) is 0 Å². The van der Waals surface area contributed by atoms with Gasteiger partial charge in [0.1, 0.15) is 0 Å². The highest BCUT2D eigenvalue weighted by atomic mass is 79.9. The fourth-order valence-corrected chi connectivity index (χ4v) is 6.40. The largest absolute Gasteiger partial charge is 0.327 e. The first-order valence-corrected chi connectivity index (χ1v) is 11.7. The molecule has 2 aromatic carbocycles. The van der Waals surface area contributed by atoms with Crippen LogP contribution in [0.4, 0.5) is 0 Å². The number of benzene rings is 2. The van der Waals surface area contributed by atoms with E-state index in [0.717, 1.165) is 17.5 Å².